The van der Waals surface area contributed by atoms with E-state index in [1.165, 1.54) is 0 Å². The fourth-order valence-electron chi connectivity index (χ4n) is 7.59. The normalized spacial score (nSPS) is 12.3. The van der Waals surface area contributed by atoms with Crippen molar-refractivity contribution in [3.63, 3.8) is 0 Å². The fourth-order valence-corrected chi connectivity index (χ4v) is 7.59. The molecule has 0 spiro atoms. The molecule has 6 heteroatoms. The average Bonchev–Trinajstić information content (AvgIpc) is 3.56. The van der Waals surface area contributed by atoms with Crippen LogP contribution in [0.3, 0.4) is 0 Å². The molecule has 0 aliphatic heterocycles. The van der Waals surface area contributed by atoms with Gasteiger partial charge in [0.1, 0.15) is 28.4 Å². The second-order valence-electron chi connectivity index (χ2n) is 16.3. The number of hydrogen-bond acceptors (Lipinski definition) is 6. The second kappa shape index (κ2) is 12.8. The minimum Gasteiger partial charge on any atom is -0.507 e. The van der Waals surface area contributed by atoms with Crippen molar-refractivity contribution in [2.45, 2.75) is 52.4 Å². The first-order valence-corrected chi connectivity index (χ1v) is 18.8. The highest BCUT2D eigenvalue weighted by Gasteiger charge is 2.29. The van der Waals surface area contributed by atoms with Crippen molar-refractivity contribution in [2.75, 3.05) is 4.90 Å². The standard InChI is InChI=1S/C49H42N4O2/c1-48(2,3)33-28-37(45(54)38(29-33)49(4,5)6)44-46-43(36-21-11-12-23-41(36)55-46)51-47(52-44)32-26-31-17-8-10-20-35(31)40(27-32)53(42-24-13-14-25-50-42)39-22-15-18-30-16-7-9-19-34(30)39/h7-29,54H,1-6H3. The van der Waals surface area contributed by atoms with E-state index in [-0.39, 0.29) is 16.6 Å². The van der Waals surface area contributed by atoms with Gasteiger partial charge in [-0.1, -0.05) is 126 Å². The van der Waals surface area contributed by atoms with Crippen LogP contribution in [0.4, 0.5) is 17.2 Å². The van der Waals surface area contributed by atoms with Crippen molar-refractivity contribution in [1.29, 1.82) is 0 Å². The Morgan fingerprint density at radius 3 is 2.00 bits per heavy atom. The van der Waals surface area contributed by atoms with Gasteiger partial charge >= 0.3 is 0 Å². The Hall–Kier alpha value is -6.53. The fraction of sp³-hybridized carbons (Fsp3) is 0.163. The molecule has 0 saturated heterocycles. The number of hydrogen-bond donors (Lipinski definition) is 1. The summed E-state index contributed by atoms with van der Waals surface area (Å²) in [6, 6.07) is 45.7. The minimum absolute atomic E-state index is 0.185. The predicted octanol–water partition coefficient (Wildman–Crippen LogP) is 13.2. The van der Waals surface area contributed by atoms with E-state index in [2.05, 4.69) is 137 Å². The van der Waals surface area contributed by atoms with Crippen molar-refractivity contribution >= 4 is 60.8 Å². The molecular weight excluding hydrogens is 677 g/mol. The summed E-state index contributed by atoms with van der Waals surface area (Å²) in [6.45, 7) is 13.0. The lowest BCUT2D eigenvalue weighted by Crippen LogP contribution is -2.17. The lowest BCUT2D eigenvalue weighted by molar-refractivity contribution is 0.446. The highest BCUT2D eigenvalue weighted by atomic mass is 16.3. The van der Waals surface area contributed by atoms with Crippen LogP contribution in [0.2, 0.25) is 0 Å². The molecule has 0 unspecified atom stereocenters. The molecule has 270 valence electrons. The van der Waals surface area contributed by atoms with E-state index in [4.69, 9.17) is 19.4 Å². The number of furan rings is 1. The summed E-state index contributed by atoms with van der Waals surface area (Å²) in [5.41, 5.74) is 7.34. The van der Waals surface area contributed by atoms with Crippen LogP contribution in [0.5, 0.6) is 5.75 Å². The Morgan fingerprint density at radius 1 is 0.600 bits per heavy atom. The van der Waals surface area contributed by atoms with Crippen LogP contribution in [0.25, 0.3) is 66.3 Å². The van der Waals surface area contributed by atoms with Gasteiger partial charge in [-0.15, -0.1) is 0 Å². The average molecular weight is 719 g/mol. The summed E-state index contributed by atoms with van der Waals surface area (Å²) < 4.78 is 6.57. The van der Waals surface area contributed by atoms with Crippen LogP contribution in [-0.2, 0) is 10.8 Å². The van der Waals surface area contributed by atoms with Crippen molar-refractivity contribution < 1.29 is 9.52 Å². The zero-order valence-electron chi connectivity index (χ0n) is 31.9. The topological polar surface area (TPSA) is 75.3 Å². The molecule has 0 saturated carbocycles. The van der Waals surface area contributed by atoms with E-state index in [1.54, 1.807) is 0 Å². The van der Waals surface area contributed by atoms with Gasteiger partial charge < -0.3 is 9.52 Å². The third-order valence-electron chi connectivity index (χ3n) is 10.5. The second-order valence-corrected chi connectivity index (χ2v) is 16.3. The SMILES string of the molecule is CC(C)(C)c1cc(-c2nc(-c3cc(N(c4ccccn4)c4cccc5ccccc45)c4ccccc4c3)nc3c2oc2ccccc23)c(O)c(C(C)(C)C)c1. The molecule has 0 aliphatic rings. The molecule has 0 fully saturated rings. The minimum atomic E-state index is -0.327. The Kier molecular flexibility index (Phi) is 7.97. The Labute approximate surface area is 320 Å². The van der Waals surface area contributed by atoms with E-state index in [1.807, 2.05) is 48.7 Å². The lowest BCUT2D eigenvalue weighted by atomic mass is 9.78. The molecular formula is C49H42N4O2. The van der Waals surface area contributed by atoms with Gasteiger partial charge in [-0.05, 0) is 75.7 Å². The first-order valence-electron chi connectivity index (χ1n) is 18.8. The number of benzene rings is 6. The van der Waals surface area contributed by atoms with Crippen LogP contribution >= 0.6 is 0 Å². The van der Waals surface area contributed by atoms with Gasteiger partial charge in [0, 0.05) is 39.0 Å². The summed E-state index contributed by atoms with van der Waals surface area (Å²) in [5.74, 6) is 1.51. The van der Waals surface area contributed by atoms with Crippen LogP contribution in [0, 0.1) is 0 Å². The molecule has 0 bridgehead atoms. The molecule has 9 rings (SSSR count). The molecule has 0 aliphatic carbocycles. The molecule has 6 aromatic carbocycles. The molecule has 9 aromatic rings. The number of aromatic nitrogens is 3. The van der Waals surface area contributed by atoms with Crippen LogP contribution in [0.1, 0.15) is 52.7 Å². The number of phenols is 1. The van der Waals surface area contributed by atoms with Gasteiger partial charge in [-0.25, -0.2) is 15.0 Å². The number of nitrogens with zero attached hydrogens (tertiary/aromatic N) is 4. The summed E-state index contributed by atoms with van der Waals surface area (Å²) in [6.07, 6.45) is 1.83. The van der Waals surface area contributed by atoms with Gasteiger partial charge in [0.05, 0.1) is 11.4 Å². The summed E-state index contributed by atoms with van der Waals surface area (Å²) in [5, 5.41) is 17.4. The lowest BCUT2D eigenvalue weighted by Gasteiger charge is -2.28. The Balaban J connectivity index is 1.37. The van der Waals surface area contributed by atoms with Crippen LogP contribution in [0.15, 0.2) is 144 Å². The maximum Gasteiger partial charge on any atom is 0.180 e. The van der Waals surface area contributed by atoms with Crippen molar-refractivity contribution in [2.24, 2.45) is 0 Å². The maximum absolute atomic E-state index is 12.1. The highest BCUT2D eigenvalue weighted by Crippen LogP contribution is 2.47. The van der Waals surface area contributed by atoms with E-state index < -0.39 is 0 Å². The van der Waals surface area contributed by atoms with E-state index >= 15 is 0 Å². The van der Waals surface area contributed by atoms with Crippen molar-refractivity contribution in [3.8, 4) is 28.4 Å². The van der Waals surface area contributed by atoms with Crippen LogP contribution < -0.4 is 4.90 Å². The van der Waals surface area contributed by atoms with Crippen molar-refractivity contribution in [3.05, 3.63) is 151 Å². The molecule has 1 N–H and O–H groups in total. The number of fused-ring (bicyclic) bond motifs is 5. The quantitative estimate of drug-likeness (QED) is 0.191. The molecule has 0 atom stereocenters. The summed E-state index contributed by atoms with van der Waals surface area (Å²) >= 11 is 0. The van der Waals surface area contributed by atoms with Crippen molar-refractivity contribution in [1.82, 2.24) is 15.0 Å². The van der Waals surface area contributed by atoms with Gasteiger partial charge in [-0.2, -0.15) is 0 Å². The monoisotopic (exact) mass is 718 g/mol. The molecule has 6 nitrogen and oxygen atoms in total. The molecule has 3 heterocycles. The first kappa shape index (κ1) is 34.3. The third-order valence-corrected chi connectivity index (χ3v) is 10.5. The van der Waals surface area contributed by atoms with E-state index in [0.29, 0.717) is 33.8 Å². The number of rotatable bonds is 5. The molecule has 55 heavy (non-hydrogen) atoms. The Morgan fingerprint density at radius 2 is 1.27 bits per heavy atom. The van der Waals surface area contributed by atoms with E-state index in [9.17, 15) is 5.11 Å². The zero-order valence-corrected chi connectivity index (χ0v) is 31.9. The van der Waals surface area contributed by atoms with Gasteiger partial charge in [0.2, 0.25) is 0 Å². The van der Waals surface area contributed by atoms with Gasteiger partial charge in [-0.3, -0.25) is 4.90 Å². The first-order chi connectivity index (χ1) is 26.5. The number of phenolic OH excluding ortho intramolecular Hbond substituents is 1. The number of aromatic hydroxyl groups is 1. The molecule has 0 radical (unpaired) electrons. The van der Waals surface area contributed by atoms with Gasteiger partial charge in [0.15, 0.2) is 11.4 Å². The summed E-state index contributed by atoms with van der Waals surface area (Å²) in [4.78, 5) is 17.7. The number of anilines is 3. The number of pyridine rings is 1. The summed E-state index contributed by atoms with van der Waals surface area (Å²) in [7, 11) is 0. The molecule has 3 aromatic heterocycles. The Bertz CT molecular complexity index is 2910. The van der Waals surface area contributed by atoms with E-state index in [0.717, 1.165) is 60.8 Å². The number of para-hydroxylation sites is 1. The highest BCUT2D eigenvalue weighted by molar-refractivity contribution is 6.09. The largest absolute Gasteiger partial charge is 0.507 e. The predicted molar refractivity (Wildman–Crippen MR) is 227 cm³/mol. The molecule has 0 amide bonds. The van der Waals surface area contributed by atoms with Gasteiger partial charge in [0.25, 0.3) is 0 Å². The zero-order chi connectivity index (χ0) is 38.1. The van der Waals surface area contributed by atoms with Crippen LogP contribution in [-0.4, -0.2) is 20.1 Å². The maximum atomic E-state index is 12.1. The smallest absolute Gasteiger partial charge is 0.180 e. The third kappa shape index (κ3) is 5.95.